The van der Waals surface area contributed by atoms with E-state index in [0.717, 1.165) is 25.4 Å². The van der Waals surface area contributed by atoms with E-state index in [1.54, 1.807) is 0 Å². The highest BCUT2D eigenvalue weighted by Gasteiger charge is 2.07. The van der Waals surface area contributed by atoms with Gasteiger partial charge in [0.15, 0.2) is 0 Å². The molecule has 0 aliphatic heterocycles. The largest absolute Gasteiger partial charge is 0.324 e. The summed E-state index contributed by atoms with van der Waals surface area (Å²) >= 11 is 0. The molecule has 2 nitrogen and oxygen atoms in total. The van der Waals surface area contributed by atoms with Crippen LogP contribution in [0.1, 0.15) is 57.6 Å². The van der Waals surface area contributed by atoms with Crippen LogP contribution in [-0.4, -0.2) is 13.1 Å². The Kier molecular flexibility index (Phi) is 8.52. The standard InChI is InChI=1S/C17H30N2/c1-3-5-9-15(4-2)14-19-13-12-17(18)16-10-7-6-8-11-16/h6-8,10-11,15,17,19H,3-5,9,12-14,18H2,1-2H3. The number of benzene rings is 1. The monoisotopic (exact) mass is 262 g/mol. The number of hydrogen-bond acceptors (Lipinski definition) is 2. The molecule has 3 N–H and O–H groups in total. The van der Waals surface area contributed by atoms with Crippen molar-refractivity contribution in [1.82, 2.24) is 5.32 Å². The van der Waals surface area contributed by atoms with E-state index in [0.29, 0.717) is 0 Å². The lowest BCUT2D eigenvalue weighted by molar-refractivity contribution is 0.414. The van der Waals surface area contributed by atoms with Gasteiger partial charge >= 0.3 is 0 Å². The average molecular weight is 262 g/mol. The van der Waals surface area contributed by atoms with Crippen molar-refractivity contribution in [2.75, 3.05) is 13.1 Å². The Balaban J connectivity index is 2.16. The SMILES string of the molecule is CCCCC(CC)CNCCC(N)c1ccccc1. The van der Waals surface area contributed by atoms with Crippen LogP contribution in [0.3, 0.4) is 0 Å². The van der Waals surface area contributed by atoms with Gasteiger partial charge in [-0.25, -0.2) is 0 Å². The van der Waals surface area contributed by atoms with E-state index in [2.05, 4.69) is 43.4 Å². The maximum Gasteiger partial charge on any atom is 0.0306 e. The van der Waals surface area contributed by atoms with Crippen LogP contribution in [0, 0.1) is 5.92 Å². The van der Waals surface area contributed by atoms with Crippen LogP contribution in [0.25, 0.3) is 0 Å². The third-order valence-corrected chi connectivity index (χ3v) is 3.84. The molecular weight excluding hydrogens is 232 g/mol. The van der Waals surface area contributed by atoms with E-state index < -0.39 is 0 Å². The maximum absolute atomic E-state index is 6.18. The molecule has 0 fully saturated rings. The summed E-state index contributed by atoms with van der Waals surface area (Å²) < 4.78 is 0. The first-order valence-electron chi connectivity index (χ1n) is 7.79. The van der Waals surface area contributed by atoms with E-state index in [1.165, 1.54) is 31.2 Å². The zero-order valence-corrected chi connectivity index (χ0v) is 12.6. The highest BCUT2D eigenvalue weighted by molar-refractivity contribution is 5.18. The minimum atomic E-state index is 0.157. The Bertz CT molecular complexity index is 310. The lowest BCUT2D eigenvalue weighted by atomic mass is 9.99. The minimum absolute atomic E-state index is 0.157. The number of nitrogens with two attached hydrogens (primary N) is 1. The Hall–Kier alpha value is -0.860. The van der Waals surface area contributed by atoms with Crippen LogP contribution in [0.15, 0.2) is 30.3 Å². The molecule has 0 radical (unpaired) electrons. The summed E-state index contributed by atoms with van der Waals surface area (Å²) in [5.74, 6) is 0.827. The molecule has 0 amide bonds. The van der Waals surface area contributed by atoms with Crippen molar-refractivity contribution in [1.29, 1.82) is 0 Å². The lowest BCUT2D eigenvalue weighted by Crippen LogP contribution is -2.26. The average Bonchev–Trinajstić information content (AvgIpc) is 2.47. The summed E-state index contributed by atoms with van der Waals surface area (Å²) in [5.41, 5.74) is 7.42. The van der Waals surface area contributed by atoms with Crippen molar-refractivity contribution in [3.8, 4) is 0 Å². The van der Waals surface area contributed by atoms with Gasteiger partial charge in [-0.2, -0.15) is 0 Å². The third kappa shape index (κ3) is 6.74. The van der Waals surface area contributed by atoms with Crippen LogP contribution >= 0.6 is 0 Å². The normalized spacial score (nSPS) is 14.3. The van der Waals surface area contributed by atoms with Crippen LogP contribution in [-0.2, 0) is 0 Å². The van der Waals surface area contributed by atoms with Crippen molar-refractivity contribution in [3.05, 3.63) is 35.9 Å². The zero-order chi connectivity index (χ0) is 13.9. The third-order valence-electron chi connectivity index (χ3n) is 3.84. The van der Waals surface area contributed by atoms with Gasteiger partial charge in [-0.3, -0.25) is 0 Å². The van der Waals surface area contributed by atoms with Crippen LogP contribution in [0.5, 0.6) is 0 Å². The summed E-state index contributed by atoms with van der Waals surface area (Å²) in [6, 6.07) is 10.5. The molecule has 108 valence electrons. The zero-order valence-electron chi connectivity index (χ0n) is 12.6. The van der Waals surface area contributed by atoms with Gasteiger partial charge < -0.3 is 11.1 Å². The summed E-state index contributed by atoms with van der Waals surface area (Å²) in [5, 5.41) is 3.57. The first-order chi connectivity index (χ1) is 9.27. The summed E-state index contributed by atoms with van der Waals surface area (Å²) in [6.45, 7) is 6.70. The Labute approximate surface area is 118 Å². The molecule has 2 atom stereocenters. The molecule has 0 aliphatic rings. The molecule has 0 heterocycles. The Morgan fingerprint density at radius 1 is 1.11 bits per heavy atom. The van der Waals surface area contributed by atoms with Crippen molar-refractivity contribution >= 4 is 0 Å². The molecule has 0 saturated carbocycles. The van der Waals surface area contributed by atoms with Gasteiger partial charge in [-0.1, -0.05) is 63.4 Å². The fraction of sp³-hybridized carbons (Fsp3) is 0.647. The minimum Gasteiger partial charge on any atom is -0.324 e. The van der Waals surface area contributed by atoms with Gasteiger partial charge in [-0.05, 0) is 37.4 Å². The van der Waals surface area contributed by atoms with Crippen molar-refractivity contribution < 1.29 is 0 Å². The maximum atomic E-state index is 6.18. The number of hydrogen-bond donors (Lipinski definition) is 2. The van der Waals surface area contributed by atoms with E-state index in [4.69, 9.17) is 5.73 Å². The van der Waals surface area contributed by atoms with E-state index >= 15 is 0 Å². The number of nitrogens with one attached hydrogen (secondary N) is 1. The highest BCUT2D eigenvalue weighted by atomic mass is 14.9. The molecule has 0 aliphatic carbocycles. The highest BCUT2D eigenvalue weighted by Crippen LogP contribution is 2.13. The van der Waals surface area contributed by atoms with Gasteiger partial charge in [0.25, 0.3) is 0 Å². The summed E-state index contributed by atoms with van der Waals surface area (Å²) in [6.07, 6.45) is 6.29. The topological polar surface area (TPSA) is 38.0 Å². The Morgan fingerprint density at radius 3 is 2.47 bits per heavy atom. The number of rotatable bonds is 10. The van der Waals surface area contributed by atoms with Crippen molar-refractivity contribution in [3.63, 3.8) is 0 Å². The molecule has 19 heavy (non-hydrogen) atoms. The lowest BCUT2D eigenvalue weighted by Gasteiger charge is -2.17. The second kappa shape index (κ2) is 9.99. The summed E-state index contributed by atoms with van der Waals surface area (Å²) in [7, 11) is 0. The molecule has 0 spiro atoms. The molecule has 0 bridgehead atoms. The van der Waals surface area contributed by atoms with E-state index in [9.17, 15) is 0 Å². The predicted octanol–water partition coefficient (Wildman–Crippen LogP) is 3.88. The first kappa shape index (κ1) is 16.2. The van der Waals surface area contributed by atoms with Gasteiger partial charge in [0.2, 0.25) is 0 Å². The molecule has 1 rings (SSSR count). The molecule has 1 aromatic rings. The smallest absolute Gasteiger partial charge is 0.0306 e. The van der Waals surface area contributed by atoms with Crippen molar-refractivity contribution in [2.24, 2.45) is 11.7 Å². The predicted molar refractivity (Wildman–Crippen MR) is 84.2 cm³/mol. The van der Waals surface area contributed by atoms with Crippen molar-refractivity contribution in [2.45, 2.75) is 52.0 Å². The fourth-order valence-electron chi connectivity index (χ4n) is 2.37. The fourth-order valence-corrected chi connectivity index (χ4v) is 2.37. The molecule has 2 heteroatoms. The van der Waals surface area contributed by atoms with Crippen LogP contribution in [0.2, 0.25) is 0 Å². The van der Waals surface area contributed by atoms with Gasteiger partial charge in [0.1, 0.15) is 0 Å². The van der Waals surface area contributed by atoms with Crippen LogP contribution < -0.4 is 11.1 Å². The van der Waals surface area contributed by atoms with E-state index in [-0.39, 0.29) is 6.04 Å². The van der Waals surface area contributed by atoms with Crippen LogP contribution in [0.4, 0.5) is 0 Å². The Morgan fingerprint density at radius 2 is 1.84 bits per heavy atom. The van der Waals surface area contributed by atoms with Gasteiger partial charge in [-0.15, -0.1) is 0 Å². The first-order valence-corrected chi connectivity index (χ1v) is 7.79. The quantitative estimate of drug-likeness (QED) is 0.628. The molecule has 0 aromatic heterocycles. The molecular formula is C17H30N2. The second-order valence-corrected chi connectivity index (χ2v) is 5.43. The van der Waals surface area contributed by atoms with E-state index in [1.807, 2.05) is 6.07 Å². The van der Waals surface area contributed by atoms with Gasteiger partial charge in [0.05, 0.1) is 0 Å². The summed E-state index contributed by atoms with van der Waals surface area (Å²) in [4.78, 5) is 0. The molecule has 1 aromatic carbocycles. The van der Waals surface area contributed by atoms with Gasteiger partial charge in [0, 0.05) is 6.04 Å². The molecule has 2 unspecified atom stereocenters. The second-order valence-electron chi connectivity index (χ2n) is 5.43. The number of unbranched alkanes of at least 4 members (excludes halogenated alkanes) is 1. The molecule has 0 saturated heterocycles.